The summed E-state index contributed by atoms with van der Waals surface area (Å²) in [5.74, 6) is 0.783. The van der Waals surface area contributed by atoms with Crippen molar-refractivity contribution in [2.24, 2.45) is 13.0 Å². The first-order valence-electron chi connectivity index (χ1n) is 5.15. The quantitative estimate of drug-likeness (QED) is 0.875. The van der Waals surface area contributed by atoms with Crippen molar-refractivity contribution in [2.75, 3.05) is 13.1 Å². The standard InChI is InChI=1S/C10H16BrN3/c1-14-9(6-10(11)13-14)5-8-3-2-4-12-7-8/h6,8,12H,2-5,7H2,1H3. The molecule has 0 aromatic carbocycles. The summed E-state index contributed by atoms with van der Waals surface area (Å²) >= 11 is 3.40. The summed E-state index contributed by atoms with van der Waals surface area (Å²) in [6.07, 6.45) is 3.79. The number of nitrogens with zero attached hydrogens (tertiary/aromatic N) is 2. The zero-order valence-corrected chi connectivity index (χ0v) is 10.0. The van der Waals surface area contributed by atoms with Crippen LogP contribution in [0.2, 0.25) is 0 Å². The van der Waals surface area contributed by atoms with Gasteiger partial charge < -0.3 is 5.32 Å². The van der Waals surface area contributed by atoms with Gasteiger partial charge in [-0.15, -0.1) is 0 Å². The molecule has 1 aliphatic rings. The predicted octanol–water partition coefficient (Wildman–Crippen LogP) is 1.72. The van der Waals surface area contributed by atoms with Gasteiger partial charge in [0.25, 0.3) is 0 Å². The van der Waals surface area contributed by atoms with E-state index in [2.05, 4.69) is 32.4 Å². The van der Waals surface area contributed by atoms with E-state index in [0.29, 0.717) is 0 Å². The topological polar surface area (TPSA) is 29.9 Å². The summed E-state index contributed by atoms with van der Waals surface area (Å²) < 4.78 is 2.91. The van der Waals surface area contributed by atoms with Crippen LogP contribution in [0.15, 0.2) is 10.7 Å². The Balaban J connectivity index is 1.98. The Morgan fingerprint density at radius 2 is 2.57 bits per heavy atom. The van der Waals surface area contributed by atoms with Crippen molar-refractivity contribution >= 4 is 15.9 Å². The van der Waals surface area contributed by atoms with Crippen LogP contribution in [0, 0.1) is 5.92 Å². The zero-order valence-electron chi connectivity index (χ0n) is 8.46. The molecule has 1 fully saturated rings. The zero-order chi connectivity index (χ0) is 9.97. The summed E-state index contributed by atoms with van der Waals surface area (Å²) in [6, 6.07) is 2.12. The highest BCUT2D eigenvalue weighted by atomic mass is 79.9. The Hall–Kier alpha value is -0.350. The fourth-order valence-electron chi connectivity index (χ4n) is 2.05. The number of aryl methyl sites for hydroxylation is 1. The molecule has 14 heavy (non-hydrogen) atoms. The second-order valence-corrected chi connectivity index (χ2v) is 4.81. The molecule has 2 heterocycles. The fourth-order valence-corrected chi connectivity index (χ4v) is 2.55. The first kappa shape index (κ1) is 10.2. The summed E-state index contributed by atoms with van der Waals surface area (Å²) in [6.45, 7) is 2.34. The lowest BCUT2D eigenvalue weighted by atomic mass is 9.95. The Kier molecular flexibility index (Phi) is 3.23. The van der Waals surface area contributed by atoms with Crippen LogP contribution in [-0.2, 0) is 13.5 Å². The van der Waals surface area contributed by atoms with E-state index in [1.54, 1.807) is 0 Å². The molecule has 1 aromatic rings. The lowest BCUT2D eigenvalue weighted by molar-refractivity contribution is 0.369. The van der Waals surface area contributed by atoms with Gasteiger partial charge >= 0.3 is 0 Å². The maximum atomic E-state index is 4.29. The van der Waals surface area contributed by atoms with Crippen molar-refractivity contribution in [2.45, 2.75) is 19.3 Å². The lowest BCUT2D eigenvalue weighted by Crippen LogP contribution is -2.31. The van der Waals surface area contributed by atoms with Gasteiger partial charge in [0, 0.05) is 12.7 Å². The summed E-state index contributed by atoms with van der Waals surface area (Å²) in [4.78, 5) is 0. The van der Waals surface area contributed by atoms with Crippen molar-refractivity contribution in [1.82, 2.24) is 15.1 Å². The molecule has 1 unspecified atom stereocenters. The fraction of sp³-hybridized carbons (Fsp3) is 0.700. The van der Waals surface area contributed by atoms with Gasteiger partial charge in [-0.2, -0.15) is 5.10 Å². The normalized spacial score (nSPS) is 22.6. The molecule has 78 valence electrons. The molecule has 1 atom stereocenters. The Morgan fingerprint density at radius 3 is 3.14 bits per heavy atom. The Morgan fingerprint density at radius 1 is 1.71 bits per heavy atom. The monoisotopic (exact) mass is 257 g/mol. The van der Waals surface area contributed by atoms with Crippen LogP contribution in [0.3, 0.4) is 0 Å². The molecule has 0 amide bonds. The molecule has 0 saturated carbocycles. The van der Waals surface area contributed by atoms with E-state index >= 15 is 0 Å². The average Bonchev–Trinajstić information content (AvgIpc) is 2.47. The third kappa shape index (κ3) is 2.36. The number of rotatable bonds is 2. The van der Waals surface area contributed by atoms with Gasteiger partial charge in [0.2, 0.25) is 0 Å². The van der Waals surface area contributed by atoms with E-state index in [-0.39, 0.29) is 0 Å². The molecule has 2 rings (SSSR count). The van der Waals surface area contributed by atoms with Gasteiger partial charge in [0.1, 0.15) is 4.60 Å². The minimum absolute atomic E-state index is 0.783. The first-order chi connectivity index (χ1) is 6.75. The second kappa shape index (κ2) is 4.45. The molecule has 0 radical (unpaired) electrons. The third-order valence-electron chi connectivity index (χ3n) is 2.84. The molecule has 4 heteroatoms. The third-order valence-corrected chi connectivity index (χ3v) is 3.23. The van der Waals surface area contributed by atoms with Gasteiger partial charge in [0.05, 0.1) is 0 Å². The number of piperidine rings is 1. The van der Waals surface area contributed by atoms with Crippen LogP contribution in [0.1, 0.15) is 18.5 Å². The van der Waals surface area contributed by atoms with Crippen LogP contribution in [0.5, 0.6) is 0 Å². The number of hydrogen-bond acceptors (Lipinski definition) is 2. The van der Waals surface area contributed by atoms with E-state index in [1.807, 2.05) is 11.7 Å². The highest BCUT2D eigenvalue weighted by Gasteiger charge is 2.15. The van der Waals surface area contributed by atoms with Crippen molar-refractivity contribution in [3.63, 3.8) is 0 Å². The van der Waals surface area contributed by atoms with Gasteiger partial charge in [-0.25, -0.2) is 0 Å². The molecule has 0 bridgehead atoms. The van der Waals surface area contributed by atoms with E-state index in [9.17, 15) is 0 Å². The molecule has 3 nitrogen and oxygen atoms in total. The lowest BCUT2D eigenvalue weighted by Gasteiger charge is -2.22. The van der Waals surface area contributed by atoms with E-state index in [1.165, 1.54) is 25.1 Å². The van der Waals surface area contributed by atoms with Gasteiger partial charge in [-0.3, -0.25) is 4.68 Å². The van der Waals surface area contributed by atoms with Crippen LogP contribution < -0.4 is 5.32 Å². The molecular weight excluding hydrogens is 242 g/mol. The van der Waals surface area contributed by atoms with E-state index < -0.39 is 0 Å². The number of halogens is 1. The summed E-state index contributed by atoms with van der Waals surface area (Å²) in [5.41, 5.74) is 1.32. The highest BCUT2D eigenvalue weighted by Crippen LogP contribution is 2.18. The van der Waals surface area contributed by atoms with Crippen LogP contribution in [-0.4, -0.2) is 22.9 Å². The molecule has 0 aliphatic carbocycles. The molecule has 1 aliphatic heterocycles. The average molecular weight is 258 g/mol. The largest absolute Gasteiger partial charge is 0.316 e. The summed E-state index contributed by atoms with van der Waals surface area (Å²) in [5, 5.41) is 7.73. The van der Waals surface area contributed by atoms with Crippen molar-refractivity contribution in [3.05, 3.63) is 16.4 Å². The summed E-state index contributed by atoms with van der Waals surface area (Å²) in [7, 11) is 2.01. The van der Waals surface area contributed by atoms with Crippen LogP contribution in [0.4, 0.5) is 0 Å². The smallest absolute Gasteiger partial charge is 0.128 e. The molecule has 1 aromatic heterocycles. The highest BCUT2D eigenvalue weighted by molar-refractivity contribution is 9.10. The molecule has 0 spiro atoms. The minimum atomic E-state index is 0.783. The maximum Gasteiger partial charge on any atom is 0.128 e. The Labute approximate surface area is 93.0 Å². The van der Waals surface area contributed by atoms with Crippen molar-refractivity contribution in [3.8, 4) is 0 Å². The molecular formula is C10H16BrN3. The van der Waals surface area contributed by atoms with Crippen molar-refractivity contribution in [1.29, 1.82) is 0 Å². The Bertz CT molecular complexity index is 302. The number of aromatic nitrogens is 2. The van der Waals surface area contributed by atoms with E-state index in [4.69, 9.17) is 0 Å². The number of hydrogen-bond donors (Lipinski definition) is 1. The first-order valence-corrected chi connectivity index (χ1v) is 5.94. The van der Waals surface area contributed by atoms with E-state index in [0.717, 1.165) is 23.5 Å². The predicted molar refractivity (Wildman–Crippen MR) is 60.2 cm³/mol. The van der Waals surface area contributed by atoms with Crippen molar-refractivity contribution < 1.29 is 0 Å². The van der Waals surface area contributed by atoms with Gasteiger partial charge in [-0.1, -0.05) is 0 Å². The van der Waals surface area contributed by atoms with Gasteiger partial charge in [0.15, 0.2) is 0 Å². The van der Waals surface area contributed by atoms with Crippen LogP contribution in [0.25, 0.3) is 0 Å². The minimum Gasteiger partial charge on any atom is -0.316 e. The SMILES string of the molecule is Cn1nc(Br)cc1CC1CCCNC1. The second-order valence-electron chi connectivity index (χ2n) is 4.00. The number of nitrogens with one attached hydrogen (secondary N) is 1. The molecule has 1 saturated heterocycles. The van der Waals surface area contributed by atoms with Crippen LogP contribution >= 0.6 is 15.9 Å². The molecule has 1 N–H and O–H groups in total. The maximum absolute atomic E-state index is 4.29. The van der Waals surface area contributed by atoms with Gasteiger partial charge in [-0.05, 0) is 60.3 Å².